The zero-order chi connectivity index (χ0) is 12.8. The van der Waals surface area contributed by atoms with Gasteiger partial charge in [0.1, 0.15) is 0 Å². The predicted molar refractivity (Wildman–Crippen MR) is 75.4 cm³/mol. The first kappa shape index (κ1) is 14.9. The average Bonchev–Trinajstić information content (AvgIpc) is 2.38. The molecule has 0 aromatic heterocycles. The van der Waals surface area contributed by atoms with Gasteiger partial charge in [-0.05, 0) is 18.4 Å². The van der Waals surface area contributed by atoms with Crippen LogP contribution in [0.1, 0.15) is 34.6 Å². The first-order valence-corrected chi connectivity index (χ1v) is 7.23. The highest BCUT2D eigenvalue weighted by Gasteiger charge is 2.22. The fraction of sp³-hybridized carbons (Fsp3) is 1.00. The Morgan fingerprint density at radius 3 is 1.65 bits per heavy atom. The summed E-state index contributed by atoms with van der Waals surface area (Å²) in [7, 11) is 0. The number of nitrogens with zero attached hydrogens (tertiary/aromatic N) is 1. The summed E-state index contributed by atoms with van der Waals surface area (Å²) in [6.45, 7) is 17.2. The smallest absolute Gasteiger partial charge is 0.0218 e. The molecular weight excluding hydrogens is 210 g/mol. The van der Waals surface area contributed by atoms with Crippen molar-refractivity contribution >= 4 is 0 Å². The maximum absolute atomic E-state index is 3.68. The SMILES string of the molecule is CCN1C[C@H](C(C)C)NCCN[C@@H](C(C)C)C1. The van der Waals surface area contributed by atoms with Gasteiger partial charge in [-0.2, -0.15) is 0 Å². The van der Waals surface area contributed by atoms with Crippen LogP contribution in [0.4, 0.5) is 0 Å². The van der Waals surface area contributed by atoms with Gasteiger partial charge in [-0.15, -0.1) is 0 Å². The minimum atomic E-state index is 0.627. The van der Waals surface area contributed by atoms with Crippen LogP contribution in [-0.2, 0) is 0 Å². The monoisotopic (exact) mass is 241 g/mol. The van der Waals surface area contributed by atoms with Crippen molar-refractivity contribution in [2.75, 3.05) is 32.7 Å². The molecule has 0 bridgehead atoms. The van der Waals surface area contributed by atoms with E-state index in [1.807, 2.05) is 0 Å². The van der Waals surface area contributed by atoms with E-state index in [-0.39, 0.29) is 0 Å². The first-order chi connectivity index (χ1) is 8.04. The molecular formula is C14H31N3. The Kier molecular flexibility index (Phi) is 6.45. The van der Waals surface area contributed by atoms with Crippen LogP contribution in [0.5, 0.6) is 0 Å². The third kappa shape index (κ3) is 4.94. The van der Waals surface area contributed by atoms with Gasteiger partial charge in [0.25, 0.3) is 0 Å². The summed E-state index contributed by atoms with van der Waals surface area (Å²) in [6, 6.07) is 1.25. The zero-order valence-corrected chi connectivity index (χ0v) is 12.3. The van der Waals surface area contributed by atoms with Gasteiger partial charge in [-0.25, -0.2) is 0 Å². The topological polar surface area (TPSA) is 27.3 Å². The molecule has 0 aromatic carbocycles. The lowest BCUT2D eigenvalue weighted by molar-refractivity contribution is 0.204. The molecule has 102 valence electrons. The van der Waals surface area contributed by atoms with Crippen LogP contribution >= 0.6 is 0 Å². The Morgan fingerprint density at radius 1 is 0.941 bits per heavy atom. The van der Waals surface area contributed by atoms with Crippen LogP contribution in [-0.4, -0.2) is 49.7 Å². The van der Waals surface area contributed by atoms with Gasteiger partial charge >= 0.3 is 0 Å². The third-order valence-corrected chi connectivity index (χ3v) is 3.90. The van der Waals surface area contributed by atoms with Gasteiger partial charge in [0.05, 0.1) is 0 Å². The Hall–Kier alpha value is -0.120. The molecule has 0 spiro atoms. The summed E-state index contributed by atoms with van der Waals surface area (Å²) in [4.78, 5) is 2.58. The molecule has 3 heteroatoms. The van der Waals surface area contributed by atoms with Crippen molar-refractivity contribution < 1.29 is 0 Å². The van der Waals surface area contributed by atoms with E-state index in [4.69, 9.17) is 0 Å². The fourth-order valence-electron chi connectivity index (χ4n) is 2.43. The van der Waals surface area contributed by atoms with Crippen LogP contribution in [0.15, 0.2) is 0 Å². The molecule has 2 atom stereocenters. The number of hydrogen-bond acceptors (Lipinski definition) is 3. The molecule has 0 saturated carbocycles. The summed E-state index contributed by atoms with van der Waals surface area (Å²) >= 11 is 0. The fourth-order valence-corrected chi connectivity index (χ4v) is 2.43. The molecule has 1 saturated heterocycles. The largest absolute Gasteiger partial charge is 0.311 e. The molecule has 1 fully saturated rings. The van der Waals surface area contributed by atoms with Crippen LogP contribution in [0.25, 0.3) is 0 Å². The minimum absolute atomic E-state index is 0.627. The number of likely N-dealkylation sites (N-methyl/N-ethyl adjacent to an activating group) is 1. The van der Waals surface area contributed by atoms with Crippen molar-refractivity contribution in [2.45, 2.75) is 46.7 Å². The molecule has 1 heterocycles. The maximum Gasteiger partial charge on any atom is 0.0218 e. The molecule has 3 nitrogen and oxygen atoms in total. The standard InChI is InChI=1S/C14H31N3/c1-6-17-9-13(11(2)3)15-7-8-16-14(10-17)12(4)5/h11-16H,6-10H2,1-5H3/t13-,14-/m1/s1. The summed E-state index contributed by atoms with van der Waals surface area (Å²) in [6.07, 6.45) is 0. The van der Waals surface area contributed by atoms with Gasteiger partial charge in [-0.3, -0.25) is 0 Å². The lowest BCUT2D eigenvalue weighted by atomic mass is 10.0. The van der Waals surface area contributed by atoms with E-state index in [0.717, 1.165) is 19.6 Å². The summed E-state index contributed by atoms with van der Waals surface area (Å²) in [5, 5.41) is 7.36. The number of nitrogens with one attached hydrogen (secondary N) is 2. The van der Waals surface area contributed by atoms with Crippen molar-refractivity contribution in [3.05, 3.63) is 0 Å². The lowest BCUT2D eigenvalue weighted by Crippen LogP contribution is -2.46. The molecule has 0 radical (unpaired) electrons. The first-order valence-electron chi connectivity index (χ1n) is 7.23. The van der Waals surface area contributed by atoms with E-state index in [0.29, 0.717) is 23.9 Å². The molecule has 1 aliphatic rings. The van der Waals surface area contributed by atoms with E-state index in [9.17, 15) is 0 Å². The van der Waals surface area contributed by atoms with Crippen LogP contribution < -0.4 is 10.6 Å². The Balaban J connectivity index is 2.63. The Bertz CT molecular complexity index is 184. The minimum Gasteiger partial charge on any atom is -0.311 e. The predicted octanol–water partition coefficient (Wildman–Crippen LogP) is 1.55. The molecule has 0 amide bonds. The van der Waals surface area contributed by atoms with Crippen molar-refractivity contribution in [1.29, 1.82) is 0 Å². The van der Waals surface area contributed by atoms with E-state index in [1.165, 1.54) is 13.1 Å². The second-order valence-corrected chi connectivity index (χ2v) is 5.96. The van der Waals surface area contributed by atoms with Crippen LogP contribution in [0.2, 0.25) is 0 Å². The molecule has 17 heavy (non-hydrogen) atoms. The molecule has 2 N–H and O–H groups in total. The summed E-state index contributed by atoms with van der Waals surface area (Å²) < 4.78 is 0. The van der Waals surface area contributed by atoms with E-state index in [1.54, 1.807) is 0 Å². The number of rotatable bonds is 3. The second kappa shape index (κ2) is 7.34. The summed E-state index contributed by atoms with van der Waals surface area (Å²) in [5.41, 5.74) is 0. The highest BCUT2D eigenvalue weighted by atomic mass is 15.2. The van der Waals surface area contributed by atoms with Crippen molar-refractivity contribution in [3.63, 3.8) is 0 Å². The average molecular weight is 241 g/mol. The van der Waals surface area contributed by atoms with Gasteiger partial charge in [0.2, 0.25) is 0 Å². The molecule has 0 aromatic rings. The van der Waals surface area contributed by atoms with E-state index >= 15 is 0 Å². The quantitative estimate of drug-likeness (QED) is 0.785. The molecule has 1 rings (SSSR count). The van der Waals surface area contributed by atoms with Gasteiger partial charge in [0.15, 0.2) is 0 Å². The molecule has 1 aliphatic heterocycles. The van der Waals surface area contributed by atoms with Crippen LogP contribution in [0.3, 0.4) is 0 Å². The zero-order valence-electron chi connectivity index (χ0n) is 12.3. The Labute approximate surface area is 107 Å². The lowest BCUT2D eigenvalue weighted by Gasteiger charge is -2.31. The van der Waals surface area contributed by atoms with Crippen molar-refractivity contribution in [2.24, 2.45) is 11.8 Å². The number of hydrogen-bond donors (Lipinski definition) is 2. The maximum atomic E-state index is 3.68. The Morgan fingerprint density at radius 2 is 1.35 bits per heavy atom. The van der Waals surface area contributed by atoms with E-state index < -0.39 is 0 Å². The van der Waals surface area contributed by atoms with E-state index in [2.05, 4.69) is 50.2 Å². The highest BCUT2D eigenvalue weighted by Crippen LogP contribution is 2.09. The van der Waals surface area contributed by atoms with Gasteiger partial charge in [-0.1, -0.05) is 34.6 Å². The highest BCUT2D eigenvalue weighted by molar-refractivity contribution is 4.82. The van der Waals surface area contributed by atoms with Crippen molar-refractivity contribution in [3.8, 4) is 0 Å². The molecule has 0 aliphatic carbocycles. The molecule has 0 unspecified atom stereocenters. The second-order valence-electron chi connectivity index (χ2n) is 5.96. The normalized spacial score (nSPS) is 29.1. The van der Waals surface area contributed by atoms with Crippen LogP contribution in [0, 0.1) is 11.8 Å². The van der Waals surface area contributed by atoms with Gasteiger partial charge < -0.3 is 15.5 Å². The summed E-state index contributed by atoms with van der Waals surface area (Å²) in [5.74, 6) is 1.42. The van der Waals surface area contributed by atoms with Gasteiger partial charge in [0, 0.05) is 38.3 Å². The third-order valence-electron chi connectivity index (χ3n) is 3.90. The van der Waals surface area contributed by atoms with Crippen molar-refractivity contribution in [1.82, 2.24) is 15.5 Å².